The molecule has 11 heavy (non-hydrogen) atoms. The monoisotopic (exact) mass is 172 g/mol. The third-order valence-electron chi connectivity index (χ3n) is 1.11. The van der Waals surface area contributed by atoms with Crippen LogP contribution in [0, 0.1) is 0 Å². The van der Waals surface area contributed by atoms with Crippen LogP contribution in [0.1, 0.15) is 9.88 Å². The number of rotatable bonds is 3. The fourth-order valence-electron chi connectivity index (χ4n) is 0.653. The lowest BCUT2D eigenvalue weighted by molar-refractivity contribution is -0.136. The lowest BCUT2D eigenvalue weighted by atomic mass is 10.5. The maximum Gasteiger partial charge on any atom is 0.310 e. The molecule has 0 atom stereocenters. The van der Waals surface area contributed by atoms with Crippen molar-refractivity contribution in [2.75, 3.05) is 0 Å². The van der Waals surface area contributed by atoms with Gasteiger partial charge in [0.05, 0.1) is 6.42 Å². The summed E-state index contributed by atoms with van der Waals surface area (Å²) in [6.07, 6.45) is 1.60. The molecule has 5 heteroatoms. The van der Waals surface area contributed by atoms with Gasteiger partial charge < -0.3 is 10.8 Å². The lowest BCUT2D eigenvalue weighted by Crippen LogP contribution is -1.98. The second kappa shape index (κ2) is 3.45. The summed E-state index contributed by atoms with van der Waals surface area (Å²) in [5.74, 6) is -0.858. The Morgan fingerprint density at radius 2 is 2.55 bits per heavy atom. The molecule has 1 aromatic heterocycles. The fraction of sp³-hybridized carbons (Fsp3) is 0.333. The van der Waals surface area contributed by atoms with Gasteiger partial charge in [0.2, 0.25) is 0 Å². The number of carbonyl (C=O) groups is 1. The molecule has 0 aliphatic carbocycles. The Labute approximate surface area is 67.7 Å². The summed E-state index contributed by atoms with van der Waals surface area (Å²) in [6, 6.07) is 0. The van der Waals surface area contributed by atoms with Crippen molar-refractivity contribution in [3.8, 4) is 0 Å². The van der Waals surface area contributed by atoms with E-state index >= 15 is 0 Å². The van der Waals surface area contributed by atoms with Gasteiger partial charge in [-0.2, -0.15) is 0 Å². The Hall–Kier alpha value is -0.940. The fourth-order valence-corrected chi connectivity index (χ4v) is 1.45. The average Bonchev–Trinajstić information content (AvgIpc) is 2.34. The molecule has 0 spiro atoms. The molecular formula is C6H8N2O2S. The van der Waals surface area contributed by atoms with Crippen molar-refractivity contribution in [2.45, 2.75) is 13.0 Å². The van der Waals surface area contributed by atoms with Gasteiger partial charge in [0.1, 0.15) is 5.01 Å². The predicted molar refractivity (Wildman–Crippen MR) is 41.3 cm³/mol. The van der Waals surface area contributed by atoms with E-state index < -0.39 is 5.97 Å². The summed E-state index contributed by atoms with van der Waals surface area (Å²) in [4.78, 5) is 15.0. The summed E-state index contributed by atoms with van der Waals surface area (Å²) < 4.78 is 0. The molecule has 1 rings (SSSR count). The van der Waals surface area contributed by atoms with E-state index in [0.29, 0.717) is 11.6 Å². The molecule has 60 valence electrons. The Morgan fingerprint density at radius 1 is 1.82 bits per heavy atom. The first-order chi connectivity index (χ1) is 5.22. The summed E-state index contributed by atoms with van der Waals surface area (Å²) in [5, 5.41) is 8.99. The maximum atomic E-state index is 10.2. The number of hydrogen-bond donors (Lipinski definition) is 2. The quantitative estimate of drug-likeness (QED) is 0.684. The second-order valence-electron chi connectivity index (χ2n) is 1.99. The first kappa shape index (κ1) is 8.16. The van der Waals surface area contributed by atoms with E-state index in [0.717, 1.165) is 4.88 Å². The first-order valence-corrected chi connectivity index (χ1v) is 3.89. The zero-order chi connectivity index (χ0) is 8.27. The Bertz CT molecular complexity index is 259. The van der Waals surface area contributed by atoms with Crippen molar-refractivity contribution in [2.24, 2.45) is 5.73 Å². The summed E-state index contributed by atoms with van der Waals surface area (Å²) in [6.45, 7) is 0.428. The minimum atomic E-state index is -0.858. The largest absolute Gasteiger partial charge is 0.481 e. The van der Waals surface area contributed by atoms with Crippen LogP contribution in [0.5, 0.6) is 0 Å². The molecule has 0 aliphatic heterocycles. The average molecular weight is 172 g/mol. The minimum Gasteiger partial charge on any atom is -0.481 e. The van der Waals surface area contributed by atoms with E-state index in [-0.39, 0.29) is 6.42 Å². The van der Waals surface area contributed by atoms with Gasteiger partial charge in [-0.3, -0.25) is 4.79 Å². The standard InChI is InChI=1S/C6H8N2O2S/c7-2-4-3-8-5(11-4)1-6(9)10/h3H,1-2,7H2,(H,9,10). The highest BCUT2D eigenvalue weighted by Crippen LogP contribution is 2.12. The molecular weight excluding hydrogens is 164 g/mol. The lowest BCUT2D eigenvalue weighted by Gasteiger charge is -1.85. The molecule has 1 aromatic rings. The van der Waals surface area contributed by atoms with Crippen LogP contribution in [0.4, 0.5) is 0 Å². The highest BCUT2D eigenvalue weighted by atomic mass is 32.1. The van der Waals surface area contributed by atoms with E-state index in [9.17, 15) is 4.79 Å². The summed E-state index contributed by atoms with van der Waals surface area (Å²) in [5.41, 5.74) is 5.32. The third-order valence-corrected chi connectivity index (χ3v) is 2.12. The van der Waals surface area contributed by atoms with Gasteiger partial charge in [-0.15, -0.1) is 11.3 Å². The van der Waals surface area contributed by atoms with Crippen LogP contribution in [0.3, 0.4) is 0 Å². The van der Waals surface area contributed by atoms with Crippen molar-refractivity contribution < 1.29 is 9.90 Å². The van der Waals surface area contributed by atoms with Crippen LogP contribution in [-0.2, 0) is 17.8 Å². The van der Waals surface area contributed by atoms with E-state index in [1.165, 1.54) is 11.3 Å². The minimum absolute atomic E-state index is 0.00926. The number of nitrogens with zero attached hydrogens (tertiary/aromatic N) is 1. The molecule has 0 aromatic carbocycles. The van der Waals surface area contributed by atoms with Crippen LogP contribution in [0.15, 0.2) is 6.20 Å². The number of carboxylic acid groups (broad SMARTS) is 1. The number of carboxylic acids is 1. The molecule has 0 radical (unpaired) electrons. The van der Waals surface area contributed by atoms with Gasteiger partial charge in [0, 0.05) is 17.6 Å². The van der Waals surface area contributed by atoms with Crippen molar-refractivity contribution >= 4 is 17.3 Å². The topological polar surface area (TPSA) is 76.2 Å². The number of nitrogens with two attached hydrogens (primary N) is 1. The zero-order valence-electron chi connectivity index (χ0n) is 5.78. The Balaban J connectivity index is 2.65. The van der Waals surface area contributed by atoms with Gasteiger partial charge in [0.25, 0.3) is 0 Å². The number of aliphatic carboxylic acids is 1. The predicted octanol–water partition coefficient (Wildman–Crippen LogP) is 0.229. The highest BCUT2D eigenvalue weighted by Gasteiger charge is 2.04. The van der Waals surface area contributed by atoms with E-state index in [1.54, 1.807) is 6.20 Å². The molecule has 1 heterocycles. The molecule has 0 saturated carbocycles. The van der Waals surface area contributed by atoms with Gasteiger partial charge >= 0.3 is 5.97 Å². The SMILES string of the molecule is NCc1cnc(CC(=O)O)s1. The van der Waals surface area contributed by atoms with Crippen LogP contribution < -0.4 is 5.73 Å². The normalized spacial score (nSPS) is 9.91. The third kappa shape index (κ3) is 2.28. The van der Waals surface area contributed by atoms with E-state index in [1.807, 2.05) is 0 Å². The highest BCUT2D eigenvalue weighted by molar-refractivity contribution is 7.11. The molecule has 0 unspecified atom stereocenters. The van der Waals surface area contributed by atoms with Crippen LogP contribution in [0.2, 0.25) is 0 Å². The van der Waals surface area contributed by atoms with E-state index in [2.05, 4.69) is 4.98 Å². The first-order valence-electron chi connectivity index (χ1n) is 3.08. The zero-order valence-corrected chi connectivity index (χ0v) is 6.60. The molecule has 4 nitrogen and oxygen atoms in total. The molecule has 0 saturated heterocycles. The molecule has 0 fully saturated rings. The molecule has 0 amide bonds. The van der Waals surface area contributed by atoms with Crippen molar-refractivity contribution in [3.63, 3.8) is 0 Å². The van der Waals surface area contributed by atoms with Gasteiger partial charge in [0.15, 0.2) is 0 Å². The maximum absolute atomic E-state index is 10.2. The van der Waals surface area contributed by atoms with Gasteiger partial charge in [-0.1, -0.05) is 0 Å². The smallest absolute Gasteiger partial charge is 0.310 e. The second-order valence-corrected chi connectivity index (χ2v) is 3.19. The van der Waals surface area contributed by atoms with Crippen LogP contribution >= 0.6 is 11.3 Å². The summed E-state index contributed by atoms with van der Waals surface area (Å²) >= 11 is 1.34. The van der Waals surface area contributed by atoms with E-state index in [4.69, 9.17) is 10.8 Å². The number of hydrogen-bond acceptors (Lipinski definition) is 4. The number of thiazole rings is 1. The molecule has 3 N–H and O–H groups in total. The van der Waals surface area contributed by atoms with Crippen molar-refractivity contribution in [3.05, 3.63) is 16.1 Å². The van der Waals surface area contributed by atoms with Crippen LogP contribution in [-0.4, -0.2) is 16.1 Å². The van der Waals surface area contributed by atoms with Gasteiger partial charge in [-0.25, -0.2) is 4.98 Å². The Morgan fingerprint density at radius 3 is 3.00 bits per heavy atom. The van der Waals surface area contributed by atoms with Crippen molar-refractivity contribution in [1.29, 1.82) is 0 Å². The van der Waals surface area contributed by atoms with Gasteiger partial charge in [-0.05, 0) is 0 Å². The number of aromatic nitrogens is 1. The van der Waals surface area contributed by atoms with Crippen LogP contribution in [0.25, 0.3) is 0 Å². The molecule has 0 bridgehead atoms. The summed E-state index contributed by atoms with van der Waals surface area (Å²) in [7, 11) is 0. The Kier molecular flexibility index (Phi) is 2.56. The van der Waals surface area contributed by atoms with Crippen molar-refractivity contribution in [1.82, 2.24) is 4.98 Å². The molecule has 0 aliphatic rings.